The van der Waals surface area contributed by atoms with Gasteiger partial charge in [-0.2, -0.15) is 0 Å². The van der Waals surface area contributed by atoms with Gasteiger partial charge < -0.3 is 15.2 Å². The average Bonchev–Trinajstić information content (AvgIpc) is 2.86. The fourth-order valence-corrected chi connectivity index (χ4v) is 5.23. The topological polar surface area (TPSA) is 91.0 Å². The lowest BCUT2D eigenvalue weighted by Crippen LogP contribution is -2.37. The van der Waals surface area contributed by atoms with Gasteiger partial charge in [-0.1, -0.05) is 19.3 Å². The van der Waals surface area contributed by atoms with E-state index in [0.29, 0.717) is 17.2 Å². The highest BCUT2D eigenvalue weighted by molar-refractivity contribution is 5.98. The summed E-state index contributed by atoms with van der Waals surface area (Å²) < 4.78 is 0. The SMILES string of the molecule is CCN(c1cc(-c2cncnc2)cc(C(=O)NCc2c(C)cc(C)[nH]c2=O)c1C)C1CCCCC1. The van der Waals surface area contributed by atoms with Crippen molar-refractivity contribution in [1.29, 1.82) is 0 Å². The van der Waals surface area contributed by atoms with Crippen molar-refractivity contribution >= 4 is 11.6 Å². The van der Waals surface area contributed by atoms with E-state index < -0.39 is 0 Å². The molecular weight excluding hydrogens is 438 g/mol. The molecule has 2 N–H and O–H groups in total. The number of carbonyl (C=O) groups excluding carboxylic acids is 1. The smallest absolute Gasteiger partial charge is 0.253 e. The number of hydrogen-bond donors (Lipinski definition) is 2. The molecule has 4 rings (SSSR count). The maximum Gasteiger partial charge on any atom is 0.253 e. The number of pyridine rings is 1. The number of aromatic amines is 1. The number of hydrogen-bond acceptors (Lipinski definition) is 5. The lowest BCUT2D eigenvalue weighted by atomic mass is 9.92. The highest BCUT2D eigenvalue weighted by Gasteiger charge is 2.24. The lowest BCUT2D eigenvalue weighted by Gasteiger charge is -2.37. The molecule has 1 aliphatic carbocycles. The second-order valence-corrected chi connectivity index (χ2v) is 9.50. The minimum Gasteiger partial charge on any atom is -0.369 e. The molecule has 1 aromatic carbocycles. The standard InChI is InChI=1S/C28H35N5O2/c1-5-33(23-9-7-6-8-10-23)26-13-21(22-14-29-17-30-15-22)12-24(20(26)4)27(34)31-16-25-18(2)11-19(3)32-28(25)35/h11-15,17,23H,5-10,16H2,1-4H3,(H,31,34)(H,32,35). The Morgan fingerprint density at radius 2 is 1.77 bits per heavy atom. The number of nitrogens with one attached hydrogen (secondary N) is 2. The molecule has 0 spiro atoms. The largest absolute Gasteiger partial charge is 0.369 e. The van der Waals surface area contributed by atoms with Crippen molar-refractivity contribution in [3.63, 3.8) is 0 Å². The summed E-state index contributed by atoms with van der Waals surface area (Å²) in [6, 6.07) is 6.47. The maximum absolute atomic E-state index is 13.5. The molecule has 2 aromatic heterocycles. The molecule has 1 fully saturated rings. The number of aryl methyl sites for hydroxylation is 2. The minimum absolute atomic E-state index is 0.162. The third kappa shape index (κ3) is 5.45. The van der Waals surface area contributed by atoms with Gasteiger partial charge in [-0.15, -0.1) is 0 Å². The Balaban J connectivity index is 1.72. The summed E-state index contributed by atoms with van der Waals surface area (Å²) in [6.45, 7) is 9.00. The van der Waals surface area contributed by atoms with Crippen LogP contribution in [0.3, 0.4) is 0 Å². The Morgan fingerprint density at radius 3 is 2.43 bits per heavy atom. The zero-order valence-corrected chi connectivity index (χ0v) is 21.1. The molecule has 0 radical (unpaired) electrons. The Kier molecular flexibility index (Phi) is 7.63. The van der Waals surface area contributed by atoms with Crippen molar-refractivity contribution in [2.75, 3.05) is 11.4 Å². The third-order valence-electron chi connectivity index (χ3n) is 7.10. The van der Waals surface area contributed by atoms with Gasteiger partial charge in [0, 0.05) is 59.6 Å². The summed E-state index contributed by atoms with van der Waals surface area (Å²) in [7, 11) is 0. The molecule has 0 bridgehead atoms. The summed E-state index contributed by atoms with van der Waals surface area (Å²) in [5.41, 5.74) is 6.51. The highest BCUT2D eigenvalue weighted by atomic mass is 16.1. The van der Waals surface area contributed by atoms with Crippen LogP contribution in [0.1, 0.15) is 71.8 Å². The molecule has 3 aromatic rings. The molecular formula is C28H35N5O2. The van der Waals surface area contributed by atoms with Gasteiger partial charge in [0.25, 0.3) is 11.5 Å². The van der Waals surface area contributed by atoms with Crippen molar-refractivity contribution in [1.82, 2.24) is 20.3 Å². The Bertz CT molecular complexity index is 1250. The van der Waals surface area contributed by atoms with Crippen molar-refractivity contribution in [2.24, 2.45) is 0 Å². The molecule has 1 amide bonds. The van der Waals surface area contributed by atoms with E-state index in [1.165, 1.54) is 38.4 Å². The van der Waals surface area contributed by atoms with Crippen LogP contribution in [0, 0.1) is 20.8 Å². The van der Waals surface area contributed by atoms with E-state index in [0.717, 1.165) is 40.2 Å². The molecule has 35 heavy (non-hydrogen) atoms. The Labute approximate surface area is 207 Å². The molecule has 2 heterocycles. The second kappa shape index (κ2) is 10.8. The second-order valence-electron chi connectivity index (χ2n) is 9.50. The molecule has 0 atom stereocenters. The number of H-pyrrole nitrogens is 1. The first-order valence-corrected chi connectivity index (χ1v) is 12.5. The molecule has 7 nitrogen and oxygen atoms in total. The van der Waals surface area contributed by atoms with E-state index in [-0.39, 0.29) is 18.0 Å². The van der Waals surface area contributed by atoms with Crippen molar-refractivity contribution < 1.29 is 4.79 Å². The maximum atomic E-state index is 13.5. The van der Waals surface area contributed by atoms with E-state index in [9.17, 15) is 9.59 Å². The summed E-state index contributed by atoms with van der Waals surface area (Å²) in [5, 5.41) is 2.99. The van der Waals surface area contributed by atoms with Crippen molar-refractivity contribution in [3.8, 4) is 11.1 Å². The van der Waals surface area contributed by atoms with E-state index >= 15 is 0 Å². The molecule has 1 saturated carbocycles. The molecule has 184 valence electrons. The number of benzene rings is 1. The molecule has 7 heteroatoms. The summed E-state index contributed by atoms with van der Waals surface area (Å²) in [5.74, 6) is -0.193. The fourth-order valence-electron chi connectivity index (χ4n) is 5.23. The lowest BCUT2D eigenvalue weighted by molar-refractivity contribution is 0.0950. The van der Waals surface area contributed by atoms with Crippen LogP contribution in [0.2, 0.25) is 0 Å². The number of aromatic nitrogens is 3. The minimum atomic E-state index is -0.193. The number of carbonyl (C=O) groups is 1. The molecule has 0 aliphatic heterocycles. The first-order chi connectivity index (χ1) is 16.9. The zero-order valence-electron chi connectivity index (χ0n) is 21.1. The first-order valence-electron chi connectivity index (χ1n) is 12.5. The van der Waals surface area contributed by atoms with Crippen LogP contribution in [0.15, 0.2) is 41.7 Å². The van der Waals surface area contributed by atoms with Gasteiger partial charge in [-0.3, -0.25) is 9.59 Å². The molecule has 0 unspecified atom stereocenters. The third-order valence-corrected chi connectivity index (χ3v) is 7.10. The monoisotopic (exact) mass is 473 g/mol. The van der Waals surface area contributed by atoms with E-state index in [1.54, 1.807) is 12.4 Å². The Hall–Kier alpha value is -3.48. The number of anilines is 1. The van der Waals surface area contributed by atoms with Gasteiger partial charge in [0.15, 0.2) is 0 Å². The average molecular weight is 474 g/mol. The fraction of sp³-hybridized carbons (Fsp3) is 0.429. The van der Waals surface area contributed by atoms with E-state index in [4.69, 9.17) is 0 Å². The summed E-state index contributed by atoms with van der Waals surface area (Å²) in [6.07, 6.45) is 11.2. The Morgan fingerprint density at radius 1 is 1.06 bits per heavy atom. The van der Waals surface area contributed by atoms with Gasteiger partial charge >= 0.3 is 0 Å². The van der Waals surface area contributed by atoms with Crippen molar-refractivity contribution in [2.45, 2.75) is 72.4 Å². The van der Waals surface area contributed by atoms with E-state index in [1.807, 2.05) is 32.9 Å². The predicted molar refractivity (Wildman–Crippen MR) is 140 cm³/mol. The van der Waals surface area contributed by atoms with E-state index in [2.05, 4.69) is 38.2 Å². The highest BCUT2D eigenvalue weighted by Crippen LogP contribution is 2.34. The van der Waals surface area contributed by atoms with Crippen molar-refractivity contribution in [3.05, 3.63) is 75.2 Å². The molecule has 0 saturated heterocycles. The summed E-state index contributed by atoms with van der Waals surface area (Å²) in [4.78, 5) is 39.6. The first kappa shape index (κ1) is 24.6. The van der Waals surface area contributed by atoms with Crippen LogP contribution in [-0.4, -0.2) is 33.4 Å². The normalized spacial score (nSPS) is 14.1. The van der Waals surface area contributed by atoms with Gasteiger partial charge in [-0.25, -0.2) is 9.97 Å². The number of amides is 1. The van der Waals surface area contributed by atoms with Gasteiger partial charge in [0.2, 0.25) is 0 Å². The molecule has 1 aliphatic rings. The van der Waals surface area contributed by atoms with Crippen LogP contribution >= 0.6 is 0 Å². The zero-order chi connectivity index (χ0) is 24.9. The quantitative estimate of drug-likeness (QED) is 0.512. The summed E-state index contributed by atoms with van der Waals surface area (Å²) >= 11 is 0. The number of nitrogens with zero attached hydrogens (tertiary/aromatic N) is 3. The van der Waals surface area contributed by atoms with Gasteiger partial charge in [0.05, 0.1) is 0 Å². The number of rotatable bonds is 7. The predicted octanol–water partition coefficient (Wildman–Crippen LogP) is 4.85. The van der Waals surface area contributed by atoms with Crippen LogP contribution in [0.25, 0.3) is 11.1 Å². The van der Waals surface area contributed by atoms with Crippen LogP contribution in [0.4, 0.5) is 5.69 Å². The van der Waals surface area contributed by atoms with Crippen LogP contribution < -0.4 is 15.8 Å². The van der Waals surface area contributed by atoms with Crippen LogP contribution in [0.5, 0.6) is 0 Å². The van der Waals surface area contributed by atoms with Gasteiger partial charge in [-0.05, 0) is 75.4 Å². The van der Waals surface area contributed by atoms with Crippen LogP contribution in [-0.2, 0) is 6.54 Å². The van der Waals surface area contributed by atoms with Gasteiger partial charge in [0.1, 0.15) is 6.33 Å².